The van der Waals surface area contributed by atoms with E-state index >= 15 is 0 Å². The summed E-state index contributed by atoms with van der Waals surface area (Å²) in [6.45, 7) is 0.313. The summed E-state index contributed by atoms with van der Waals surface area (Å²) < 4.78 is 5.32. The first-order valence-electron chi connectivity index (χ1n) is 13.7. The largest absolute Gasteiger partial charge is 0.497 e. The Hall–Kier alpha value is -5.11. The number of nitrogens with one attached hydrogen (secondary N) is 1. The van der Waals surface area contributed by atoms with Crippen LogP contribution in [0.1, 0.15) is 52.0 Å². The molecule has 1 aliphatic heterocycles. The summed E-state index contributed by atoms with van der Waals surface area (Å²) in [6.07, 6.45) is 0.396. The van der Waals surface area contributed by atoms with Crippen LogP contribution in [0.25, 0.3) is 10.4 Å². The van der Waals surface area contributed by atoms with Gasteiger partial charge in [-0.1, -0.05) is 71.8 Å². The van der Waals surface area contributed by atoms with Crippen molar-refractivity contribution in [2.24, 2.45) is 11.0 Å². The first-order valence-corrected chi connectivity index (χ1v) is 13.7. The second kappa shape index (κ2) is 13.0. The van der Waals surface area contributed by atoms with E-state index in [1.807, 2.05) is 78.9 Å². The number of azide groups is 1. The van der Waals surface area contributed by atoms with Gasteiger partial charge in [0.2, 0.25) is 5.91 Å². The van der Waals surface area contributed by atoms with Gasteiger partial charge in [0.1, 0.15) is 5.75 Å². The minimum absolute atomic E-state index is 0.0151. The lowest BCUT2D eigenvalue weighted by molar-refractivity contribution is -0.131. The summed E-state index contributed by atoms with van der Waals surface area (Å²) in [6, 6.07) is 31.0. The van der Waals surface area contributed by atoms with Crippen molar-refractivity contribution in [1.82, 2.24) is 5.32 Å². The molecule has 9 heteroatoms. The summed E-state index contributed by atoms with van der Waals surface area (Å²) in [7, 11) is 1.62. The van der Waals surface area contributed by atoms with Crippen LogP contribution in [0.3, 0.4) is 0 Å². The van der Waals surface area contributed by atoms with E-state index in [1.165, 1.54) is 0 Å². The number of anilines is 1. The van der Waals surface area contributed by atoms with Crippen molar-refractivity contribution < 1.29 is 19.4 Å². The van der Waals surface area contributed by atoms with Crippen molar-refractivity contribution in [3.05, 3.63) is 136 Å². The third kappa shape index (κ3) is 6.28. The van der Waals surface area contributed by atoms with E-state index in [1.54, 1.807) is 36.3 Å². The lowest BCUT2D eigenvalue weighted by atomic mass is 9.78. The summed E-state index contributed by atoms with van der Waals surface area (Å²) in [5, 5.41) is 17.1. The number of hydrogen-bond acceptors (Lipinski definition) is 5. The number of β-lactam (4-membered cyclic amide) rings is 1. The predicted octanol–water partition coefficient (Wildman–Crippen LogP) is 6.78. The van der Waals surface area contributed by atoms with Gasteiger partial charge in [0.15, 0.2) is 0 Å². The first kappa shape index (κ1) is 28.4. The van der Waals surface area contributed by atoms with Crippen LogP contribution in [0.2, 0.25) is 0 Å². The van der Waals surface area contributed by atoms with E-state index in [9.17, 15) is 14.7 Å². The molecule has 1 aliphatic rings. The summed E-state index contributed by atoms with van der Waals surface area (Å²) in [5.74, 6) is 0.247. The Kier molecular flexibility index (Phi) is 8.82. The zero-order chi connectivity index (χ0) is 29.5. The van der Waals surface area contributed by atoms with Gasteiger partial charge in [-0.15, -0.1) is 0 Å². The third-order valence-electron chi connectivity index (χ3n) is 7.56. The van der Waals surface area contributed by atoms with Crippen LogP contribution < -0.4 is 15.0 Å². The van der Waals surface area contributed by atoms with E-state index in [0.717, 1.165) is 28.1 Å². The fourth-order valence-electron chi connectivity index (χ4n) is 5.27. The zero-order valence-electron chi connectivity index (χ0n) is 23.1. The van der Waals surface area contributed by atoms with Crippen LogP contribution in [0.15, 0.2) is 108 Å². The molecule has 0 bridgehead atoms. The SMILES string of the molecule is COc1ccc([C@@H]2C(CC[C@H](O)c3ccccc3)C(=O)N2c2ccc(CNC(=O)c3ccc(N=[N+]=[N-])cc3)cc2)cc1. The highest BCUT2D eigenvalue weighted by molar-refractivity contribution is 6.03. The average Bonchev–Trinajstić information content (AvgIpc) is 3.04. The number of carbonyl (C=O) groups excluding carboxylic acids is 2. The highest BCUT2D eigenvalue weighted by atomic mass is 16.5. The molecule has 9 nitrogen and oxygen atoms in total. The number of hydrogen-bond donors (Lipinski definition) is 2. The number of ether oxygens (including phenoxy) is 1. The minimum Gasteiger partial charge on any atom is -0.497 e. The fraction of sp³-hybridized carbons (Fsp3) is 0.212. The first-order chi connectivity index (χ1) is 20.5. The molecule has 2 amide bonds. The van der Waals surface area contributed by atoms with Crippen LogP contribution in [0, 0.1) is 5.92 Å². The molecule has 0 saturated carbocycles. The van der Waals surface area contributed by atoms with Crippen molar-refractivity contribution >= 4 is 23.2 Å². The van der Waals surface area contributed by atoms with Gasteiger partial charge in [-0.25, -0.2) is 0 Å². The molecule has 5 rings (SSSR count). The van der Waals surface area contributed by atoms with Crippen LogP contribution in [-0.2, 0) is 11.3 Å². The number of aliphatic hydroxyl groups excluding tert-OH is 1. The molecule has 2 N–H and O–H groups in total. The molecule has 42 heavy (non-hydrogen) atoms. The van der Waals surface area contributed by atoms with E-state index in [2.05, 4.69) is 15.3 Å². The molecule has 1 fully saturated rings. The fourth-order valence-corrected chi connectivity index (χ4v) is 5.27. The topological polar surface area (TPSA) is 128 Å². The summed E-state index contributed by atoms with van der Waals surface area (Å²) >= 11 is 0. The van der Waals surface area contributed by atoms with Gasteiger partial charge < -0.3 is 20.1 Å². The maximum Gasteiger partial charge on any atom is 0.251 e. The van der Waals surface area contributed by atoms with Crippen molar-refractivity contribution in [3.63, 3.8) is 0 Å². The predicted molar refractivity (Wildman–Crippen MR) is 160 cm³/mol. The molecule has 0 radical (unpaired) electrons. The monoisotopic (exact) mass is 561 g/mol. The van der Waals surface area contributed by atoms with Gasteiger partial charge in [-0.3, -0.25) is 9.59 Å². The van der Waals surface area contributed by atoms with Gasteiger partial charge >= 0.3 is 0 Å². The summed E-state index contributed by atoms with van der Waals surface area (Å²) in [5.41, 5.74) is 12.9. The number of aliphatic hydroxyl groups is 1. The van der Waals surface area contributed by atoms with E-state index in [4.69, 9.17) is 10.3 Å². The van der Waals surface area contributed by atoms with E-state index in [-0.39, 0.29) is 23.8 Å². The zero-order valence-corrected chi connectivity index (χ0v) is 23.1. The Bertz CT molecular complexity index is 1570. The molecule has 0 aliphatic carbocycles. The second-order valence-electron chi connectivity index (χ2n) is 10.1. The Balaban J connectivity index is 1.27. The van der Waals surface area contributed by atoms with Crippen molar-refractivity contribution in [3.8, 4) is 5.75 Å². The molecule has 3 atom stereocenters. The van der Waals surface area contributed by atoms with Gasteiger partial charge in [0, 0.05) is 28.4 Å². The number of amides is 2. The molecule has 1 saturated heterocycles. The number of benzene rings is 4. The minimum atomic E-state index is -0.636. The van der Waals surface area contributed by atoms with E-state index in [0.29, 0.717) is 30.6 Å². The van der Waals surface area contributed by atoms with Gasteiger partial charge in [0.05, 0.1) is 25.2 Å². The number of methoxy groups -OCH3 is 1. The highest BCUT2D eigenvalue weighted by Gasteiger charge is 2.48. The Morgan fingerprint density at radius 3 is 2.33 bits per heavy atom. The maximum absolute atomic E-state index is 13.5. The van der Waals surface area contributed by atoms with Gasteiger partial charge in [0.25, 0.3) is 5.91 Å². The van der Waals surface area contributed by atoms with Crippen LogP contribution >= 0.6 is 0 Å². The van der Waals surface area contributed by atoms with Crippen LogP contribution in [-0.4, -0.2) is 24.0 Å². The quantitative estimate of drug-likeness (QED) is 0.0905. The standard InChI is InChI=1S/C33H31N5O4/c1-42-28-17-11-24(12-18-28)31-29(19-20-30(39)23-5-3-2-4-6-23)33(41)38(31)27-15-7-22(8-16-27)21-35-32(40)25-9-13-26(14-10-25)36-37-34/h2-18,29-31,39H,19-21H2,1H3,(H,35,40)/t29?,30-,31+/m0/s1. The Morgan fingerprint density at radius 2 is 1.69 bits per heavy atom. The normalized spacial score (nSPS) is 16.6. The lowest BCUT2D eigenvalue weighted by Crippen LogP contribution is -2.55. The second-order valence-corrected chi connectivity index (χ2v) is 10.1. The van der Waals surface area contributed by atoms with Crippen molar-refractivity contribution in [1.29, 1.82) is 0 Å². The van der Waals surface area contributed by atoms with Gasteiger partial charge in [-0.2, -0.15) is 0 Å². The van der Waals surface area contributed by atoms with Crippen LogP contribution in [0.4, 0.5) is 11.4 Å². The number of rotatable bonds is 11. The Morgan fingerprint density at radius 1 is 1.00 bits per heavy atom. The highest BCUT2D eigenvalue weighted by Crippen LogP contribution is 2.46. The van der Waals surface area contributed by atoms with E-state index < -0.39 is 6.10 Å². The number of carbonyl (C=O) groups is 2. The van der Waals surface area contributed by atoms with Crippen molar-refractivity contribution in [2.75, 3.05) is 12.0 Å². The number of nitrogens with zero attached hydrogens (tertiary/aromatic N) is 4. The van der Waals surface area contributed by atoms with Crippen LogP contribution in [0.5, 0.6) is 5.75 Å². The average molecular weight is 562 g/mol. The Labute approximate surface area is 244 Å². The molecular weight excluding hydrogens is 530 g/mol. The van der Waals surface area contributed by atoms with Gasteiger partial charge in [-0.05, 0) is 71.5 Å². The molecule has 4 aromatic carbocycles. The molecule has 0 aromatic heterocycles. The molecule has 1 heterocycles. The molecule has 4 aromatic rings. The molecule has 212 valence electrons. The van der Waals surface area contributed by atoms with Crippen molar-refractivity contribution in [2.45, 2.75) is 31.5 Å². The third-order valence-corrected chi connectivity index (χ3v) is 7.56. The lowest BCUT2D eigenvalue weighted by Gasteiger charge is -2.48. The molecule has 0 spiro atoms. The maximum atomic E-state index is 13.5. The smallest absolute Gasteiger partial charge is 0.251 e. The molecule has 1 unspecified atom stereocenters. The summed E-state index contributed by atoms with van der Waals surface area (Å²) in [4.78, 5) is 30.6. The molecular formula is C33H31N5O4.